The van der Waals surface area contributed by atoms with Crippen molar-refractivity contribution in [2.45, 2.75) is 70.4 Å². The lowest BCUT2D eigenvalue weighted by Gasteiger charge is -2.40. The van der Waals surface area contributed by atoms with Crippen LogP contribution in [0.15, 0.2) is 18.2 Å². The molecule has 1 saturated heterocycles. The van der Waals surface area contributed by atoms with Gasteiger partial charge in [-0.05, 0) is 63.0 Å². The van der Waals surface area contributed by atoms with E-state index in [4.69, 9.17) is 10.5 Å². The van der Waals surface area contributed by atoms with Gasteiger partial charge in [-0.2, -0.15) is 0 Å². The molecule has 0 amide bonds. The van der Waals surface area contributed by atoms with Crippen LogP contribution >= 0.6 is 0 Å². The van der Waals surface area contributed by atoms with Crippen molar-refractivity contribution < 1.29 is 4.74 Å². The van der Waals surface area contributed by atoms with E-state index in [1.165, 1.54) is 48.8 Å². The van der Waals surface area contributed by atoms with Gasteiger partial charge in [0.2, 0.25) is 0 Å². The molecule has 1 saturated carbocycles. The highest BCUT2D eigenvalue weighted by Crippen LogP contribution is 2.42. The largest absolute Gasteiger partial charge is 0.375 e. The second-order valence-corrected chi connectivity index (χ2v) is 7.29. The van der Waals surface area contributed by atoms with Crippen LogP contribution in [0.25, 0.3) is 0 Å². The summed E-state index contributed by atoms with van der Waals surface area (Å²) in [5.41, 5.74) is 10.9. The van der Waals surface area contributed by atoms with Crippen LogP contribution in [0.4, 0.5) is 0 Å². The first kappa shape index (κ1) is 15.1. The second-order valence-electron chi connectivity index (χ2n) is 7.29. The Balaban J connectivity index is 1.67. The Morgan fingerprint density at radius 3 is 2.81 bits per heavy atom. The number of ether oxygens (including phenoxy) is 1. The molecule has 2 nitrogen and oxygen atoms in total. The first-order valence-corrected chi connectivity index (χ1v) is 8.54. The molecule has 3 rings (SSSR count). The summed E-state index contributed by atoms with van der Waals surface area (Å²) in [7, 11) is 0. The molecule has 1 aliphatic heterocycles. The summed E-state index contributed by atoms with van der Waals surface area (Å²) in [5.74, 6) is 0.622. The third kappa shape index (κ3) is 3.32. The summed E-state index contributed by atoms with van der Waals surface area (Å²) in [6.45, 7) is 5.27. The minimum atomic E-state index is 0.183. The van der Waals surface area contributed by atoms with E-state index in [9.17, 15) is 0 Å². The van der Waals surface area contributed by atoms with Gasteiger partial charge < -0.3 is 10.5 Å². The summed E-state index contributed by atoms with van der Waals surface area (Å²) in [5, 5.41) is 0. The lowest BCUT2D eigenvalue weighted by atomic mass is 9.79. The first-order chi connectivity index (χ1) is 10.1. The number of hydrogen-bond acceptors (Lipinski definition) is 2. The predicted octanol–water partition coefficient (Wildman–Crippen LogP) is 3.91. The Labute approximate surface area is 129 Å². The lowest BCUT2D eigenvalue weighted by Crippen LogP contribution is -2.44. The molecule has 1 aromatic rings. The quantitative estimate of drug-likeness (QED) is 0.914. The molecule has 0 aromatic heterocycles. The van der Waals surface area contributed by atoms with Crippen molar-refractivity contribution in [2.24, 2.45) is 11.7 Å². The maximum Gasteiger partial charge on any atom is 0.0685 e. The van der Waals surface area contributed by atoms with Gasteiger partial charge >= 0.3 is 0 Å². The van der Waals surface area contributed by atoms with Crippen molar-refractivity contribution >= 4 is 0 Å². The van der Waals surface area contributed by atoms with Gasteiger partial charge in [0.1, 0.15) is 0 Å². The average Bonchev–Trinajstić information content (AvgIpc) is 2.91. The number of hydrogen-bond donors (Lipinski definition) is 1. The van der Waals surface area contributed by atoms with Gasteiger partial charge in [0.15, 0.2) is 0 Å². The number of nitrogens with two attached hydrogens (primary N) is 1. The number of rotatable bonds is 3. The van der Waals surface area contributed by atoms with Gasteiger partial charge in [0.25, 0.3) is 0 Å². The van der Waals surface area contributed by atoms with Crippen LogP contribution in [-0.2, 0) is 11.2 Å². The van der Waals surface area contributed by atoms with Crippen LogP contribution in [0, 0.1) is 19.8 Å². The Kier molecular flexibility index (Phi) is 4.37. The van der Waals surface area contributed by atoms with Gasteiger partial charge in [-0.1, -0.05) is 36.6 Å². The molecule has 2 N–H and O–H groups in total. The molecular weight excluding hydrogens is 258 g/mol. The molecule has 1 heterocycles. The van der Waals surface area contributed by atoms with Gasteiger partial charge in [0.05, 0.1) is 5.60 Å². The zero-order valence-electron chi connectivity index (χ0n) is 13.5. The van der Waals surface area contributed by atoms with Crippen LogP contribution in [0.1, 0.15) is 55.2 Å². The molecule has 0 bridgehead atoms. The van der Waals surface area contributed by atoms with E-state index in [1.54, 1.807) is 0 Å². The highest BCUT2D eigenvalue weighted by molar-refractivity contribution is 5.31. The fraction of sp³-hybridized carbons (Fsp3) is 0.684. The van der Waals surface area contributed by atoms with E-state index in [2.05, 4.69) is 32.0 Å². The molecule has 116 valence electrons. The summed E-state index contributed by atoms with van der Waals surface area (Å²) in [4.78, 5) is 0. The van der Waals surface area contributed by atoms with E-state index in [1.807, 2.05) is 0 Å². The molecular formula is C19H29NO. The Bertz CT molecular complexity index is 490. The van der Waals surface area contributed by atoms with Crippen LogP contribution in [0.5, 0.6) is 0 Å². The molecule has 1 aromatic carbocycles. The summed E-state index contributed by atoms with van der Waals surface area (Å²) >= 11 is 0. The standard InChI is InChI=1S/C19H29NO/c1-14-5-6-15(2)17(11-14)12-18(20)16-7-10-21-19(13-16)8-3-4-9-19/h5-6,11,16,18H,3-4,7-10,12-13,20H2,1-2H3. The minimum Gasteiger partial charge on any atom is -0.375 e. The van der Waals surface area contributed by atoms with Crippen LogP contribution < -0.4 is 5.73 Å². The summed E-state index contributed by atoms with van der Waals surface area (Å²) in [6.07, 6.45) is 8.48. The molecule has 1 spiro atoms. The van der Waals surface area contributed by atoms with Crippen molar-refractivity contribution in [3.05, 3.63) is 34.9 Å². The zero-order valence-corrected chi connectivity index (χ0v) is 13.5. The van der Waals surface area contributed by atoms with E-state index < -0.39 is 0 Å². The third-order valence-electron chi connectivity index (χ3n) is 5.61. The maximum atomic E-state index is 6.59. The fourth-order valence-corrected chi connectivity index (χ4v) is 4.24. The van der Waals surface area contributed by atoms with Crippen molar-refractivity contribution in [1.29, 1.82) is 0 Å². The minimum absolute atomic E-state index is 0.183. The van der Waals surface area contributed by atoms with E-state index in [0.717, 1.165) is 19.4 Å². The highest BCUT2D eigenvalue weighted by Gasteiger charge is 2.41. The van der Waals surface area contributed by atoms with Gasteiger partial charge in [0, 0.05) is 12.6 Å². The predicted molar refractivity (Wildman–Crippen MR) is 87.5 cm³/mol. The normalized spacial score (nSPS) is 26.1. The third-order valence-corrected chi connectivity index (χ3v) is 5.61. The van der Waals surface area contributed by atoms with Crippen LogP contribution in [-0.4, -0.2) is 18.2 Å². The van der Waals surface area contributed by atoms with E-state index in [-0.39, 0.29) is 11.6 Å². The highest BCUT2D eigenvalue weighted by atomic mass is 16.5. The van der Waals surface area contributed by atoms with Crippen molar-refractivity contribution in [3.8, 4) is 0 Å². The van der Waals surface area contributed by atoms with Crippen molar-refractivity contribution in [2.75, 3.05) is 6.61 Å². The first-order valence-electron chi connectivity index (χ1n) is 8.54. The Hall–Kier alpha value is -0.860. The zero-order chi connectivity index (χ0) is 14.9. The van der Waals surface area contributed by atoms with E-state index in [0.29, 0.717) is 5.92 Å². The van der Waals surface area contributed by atoms with E-state index >= 15 is 0 Å². The number of benzene rings is 1. The monoisotopic (exact) mass is 287 g/mol. The molecule has 2 heteroatoms. The molecule has 21 heavy (non-hydrogen) atoms. The van der Waals surface area contributed by atoms with Crippen molar-refractivity contribution in [1.82, 2.24) is 0 Å². The van der Waals surface area contributed by atoms with Crippen LogP contribution in [0.3, 0.4) is 0 Å². The van der Waals surface area contributed by atoms with Gasteiger partial charge in [-0.25, -0.2) is 0 Å². The Morgan fingerprint density at radius 1 is 1.29 bits per heavy atom. The molecule has 2 unspecified atom stereocenters. The summed E-state index contributed by atoms with van der Waals surface area (Å²) in [6, 6.07) is 6.98. The summed E-state index contributed by atoms with van der Waals surface area (Å²) < 4.78 is 6.14. The molecule has 0 radical (unpaired) electrons. The van der Waals surface area contributed by atoms with Gasteiger partial charge in [-0.15, -0.1) is 0 Å². The maximum absolute atomic E-state index is 6.59. The number of aryl methyl sites for hydroxylation is 2. The SMILES string of the molecule is Cc1ccc(C)c(CC(N)C2CCOC3(CCCC3)C2)c1. The smallest absolute Gasteiger partial charge is 0.0685 e. The Morgan fingerprint density at radius 2 is 2.05 bits per heavy atom. The van der Waals surface area contributed by atoms with Gasteiger partial charge in [-0.3, -0.25) is 0 Å². The van der Waals surface area contributed by atoms with Crippen LogP contribution in [0.2, 0.25) is 0 Å². The fourth-order valence-electron chi connectivity index (χ4n) is 4.24. The molecule has 2 fully saturated rings. The average molecular weight is 287 g/mol. The second kappa shape index (κ2) is 6.10. The molecule has 2 atom stereocenters. The topological polar surface area (TPSA) is 35.2 Å². The lowest BCUT2D eigenvalue weighted by molar-refractivity contribution is -0.0960. The van der Waals surface area contributed by atoms with Crippen molar-refractivity contribution in [3.63, 3.8) is 0 Å². The molecule has 2 aliphatic rings. The molecule has 1 aliphatic carbocycles.